The predicted molar refractivity (Wildman–Crippen MR) is 65.5 cm³/mol. The topological polar surface area (TPSA) is 52.1 Å². The second-order valence-electron chi connectivity index (χ2n) is 3.33. The van der Waals surface area contributed by atoms with Crippen LogP contribution in [-0.2, 0) is 4.74 Å². The van der Waals surface area contributed by atoms with Crippen molar-refractivity contribution in [2.24, 2.45) is 0 Å². The number of nitrogens with zero attached hydrogens (tertiary/aromatic N) is 2. The Morgan fingerprint density at radius 1 is 1.50 bits per heavy atom. The van der Waals surface area contributed by atoms with Crippen LogP contribution in [0.4, 0.5) is 4.39 Å². The van der Waals surface area contributed by atoms with Crippen molar-refractivity contribution in [2.45, 2.75) is 6.92 Å². The summed E-state index contributed by atoms with van der Waals surface area (Å²) in [7, 11) is 0. The molecule has 0 N–H and O–H groups in total. The first kappa shape index (κ1) is 13.0. The second kappa shape index (κ2) is 5.04. The van der Waals surface area contributed by atoms with E-state index in [-0.39, 0.29) is 33.4 Å². The van der Waals surface area contributed by atoms with Crippen LogP contribution in [0.1, 0.15) is 17.3 Å². The molecule has 2 aromatic rings. The van der Waals surface area contributed by atoms with Crippen LogP contribution >= 0.6 is 23.2 Å². The number of rotatable bonds is 2. The molecule has 7 heteroatoms. The number of carbonyl (C=O) groups is 1. The van der Waals surface area contributed by atoms with E-state index in [1.54, 1.807) is 6.92 Å². The Balaban J connectivity index is 2.69. The number of hydrogen-bond donors (Lipinski definition) is 0. The van der Waals surface area contributed by atoms with Crippen molar-refractivity contribution >= 4 is 40.2 Å². The molecule has 0 unspecified atom stereocenters. The van der Waals surface area contributed by atoms with Gasteiger partial charge in [0.25, 0.3) is 0 Å². The van der Waals surface area contributed by atoms with Gasteiger partial charge in [-0.1, -0.05) is 23.2 Å². The Labute approximate surface area is 112 Å². The Bertz CT molecular complexity index is 634. The van der Waals surface area contributed by atoms with Gasteiger partial charge in [-0.05, 0) is 6.92 Å². The lowest BCUT2D eigenvalue weighted by molar-refractivity contribution is 0.0526. The molecular weight excluding hydrogens is 282 g/mol. The molecule has 2 aromatic heterocycles. The maximum Gasteiger partial charge on any atom is 0.342 e. The normalized spacial score (nSPS) is 10.7. The molecule has 0 radical (unpaired) electrons. The van der Waals surface area contributed by atoms with Gasteiger partial charge in [0.2, 0.25) is 0 Å². The summed E-state index contributed by atoms with van der Waals surface area (Å²) in [4.78, 5) is 19.3. The van der Waals surface area contributed by atoms with E-state index in [1.165, 1.54) is 0 Å². The summed E-state index contributed by atoms with van der Waals surface area (Å²) in [5.41, 5.74) is 0.315. The van der Waals surface area contributed by atoms with Gasteiger partial charge in [-0.2, -0.15) is 0 Å². The summed E-state index contributed by atoms with van der Waals surface area (Å²) in [6.45, 7) is 1.84. The monoisotopic (exact) mass is 288 g/mol. The fraction of sp³-hybridized carbons (Fsp3) is 0.182. The Hall–Kier alpha value is -1.46. The van der Waals surface area contributed by atoms with Crippen molar-refractivity contribution in [1.82, 2.24) is 9.97 Å². The molecule has 0 bridgehead atoms. The molecule has 0 atom stereocenters. The van der Waals surface area contributed by atoms with E-state index >= 15 is 0 Å². The van der Waals surface area contributed by atoms with Crippen molar-refractivity contribution < 1.29 is 13.9 Å². The van der Waals surface area contributed by atoms with Gasteiger partial charge < -0.3 is 4.74 Å². The molecule has 0 aliphatic heterocycles. The number of esters is 1. The first-order valence-electron chi connectivity index (χ1n) is 5.02. The average molecular weight is 289 g/mol. The highest BCUT2D eigenvalue weighted by molar-refractivity contribution is 6.41. The smallest absolute Gasteiger partial charge is 0.342 e. The maximum atomic E-state index is 13.0. The molecule has 4 nitrogen and oxygen atoms in total. The number of carbonyl (C=O) groups excluding carboxylic acids is 1. The number of aromatic nitrogens is 2. The highest BCUT2D eigenvalue weighted by Gasteiger charge is 2.21. The zero-order valence-electron chi connectivity index (χ0n) is 9.21. The standard InChI is InChI=1S/C11H7Cl2FN2O2/c1-2-18-11(17)7-8(12)9-6(16-10(7)13)3-5(14)4-15-9/h3-4H,2H2,1H3. The third-order valence-electron chi connectivity index (χ3n) is 2.17. The van der Waals surface area contributed by atoms with E-state index in [1.807, 2.05) is 0 Å². The Morgan fingerprint density at radius 3 is 2.89 bits per heavy atom. The highest BCUT2D eigenvalue weighted by atomic mass is 35.5. The molecule has 0 saturated heterocycles. The number of hydrogen-bond acceptors (Lipinski definition) is 4. The van der Waals surface area contributed by atoms with Crippen LogP contribution in [0.3, 0.4) is 0 Å². The molecule has 2 heterocycles. The molecule has 0 spiro atoms. The van der Waals surface area contributed by atoms with E-state index in [0.717, 1.165) is 12.3 Å². The van der Waals surface area contributed by atoms with Crippen molar-refractivity contribution in [3.8, 4) is 0 Å². The summed E-state index contributed by atoms with van der Waals surface area (Å²) < 4.78 is 17.8. The number of halogens is 3. The first-order valence-corrected chi connectivity index (χ1v) is 5.77. The lowest BCUT2D eigenvalue weighted by atomic mass is 10.2. The van der Waals surface area contributed by atoms with Crippen molar-refractivity contribution in [3.05, 3.63) is 33.8 Å². The minimum atomic E-state index is -0.687. The molecule has 0 saturated carbocycles. The lowest BCUT2D eigenvalue weighted by Gasteiger charge is -2.08. The Morgan fingerprint density at radius 2 is 2.22 bits per heavy atom. The van der Waals surface area contributed by atoms with E-state index in [2.05, 4.69) is 9.97 Å². The number of ether oxygens (including phenoxy) is 1. The quantitative estimate of drug-likeness (QED) is 0.629. The van der Waals surface area contributed by atoms with Gasteiger partial charge in [0.05, 0.1) is 23.3 Å². The highest BCUT2D eigenvalue weighted by Crippen LogP contribution is 2.30. The van der Waals surface area contributed by atoms with Gasteiger partial charge in [-0.15, -0.1) is 0 Å². The van der Waals surface area contributed by atoms with Gasteiger partial charge in [-0.25, -0.2) is 19.2 Å². The summed E-state index contributed by atoms with van der Waals surface area (Å²) in [5.74, 6) is -1.25. The van der Waals surface area contributed by atoms with Crippen LogP contribution in [0.15, 0.2) is 12.3 Å². The maximum absolute atomic E-state index is 13.0. The van der Waals surface area contributed by atoms with Crippen molar-refractivity contribution in [1.29, 1.82) is 0 Å². The van der Waals surface area contributed by atoms with Crippen LogP contribution in [0.5, 0.6) is 0 Å². The number of pyridine rings is 2. The summed E-state index contributed by atoms with van der Waals surface area (Å²) in [6, 6.07) is 1.13. The third kappa shape index (κ3) is 2.23. The molecule has 2 rings (SSSR count). The second-order valence-corrected chi connectivity index (χ2v) is 4.07. The minimum Gasteiger partial charge on any atom is -0.462 e. The minimum absolute atomic E-state index is 0.00319. The molecule has 18 heavy (non-hydrogen) atoms. The van der Waals surface area contributed by atoms with E-state index in [0.29, 0.717) is 0 Å². The van der Waals surface area contributed by atoms with Crippen LogP contribution < -0.4 is 0 Å². The van der Waals surface area contributed by atoms with Crippen molar-refractivity contribution in [2.75, 3.05) is 6.61 Å². The van der Waals surface area contributed by atoms with Gasteiger partial charge in [0, 0.05) is 6.07 Å². The van der Waals surface area contributed by atoms with E-state index in [9.17, 15) is 9.18 Å². The average Bonchev–Trinajstić information content (AvgIpc) is 2.28. The summed E-state index contributed by atoms with van der Waals surface area (Å²) in [5, 5.41) is -0.137. The molecule has 0 aliphatic rings. The van der Waals surface area contributed by atoms with E-state index in [4.69, 9.17) is 27.9 Å². The van der Waals surface area contributed by atoms with Crippen LogP contribution in [0, 0.1) is 5.82 Å². The van der Waals surface area contributed by atoms with Gasteiger partial charge in [-0.3, -0.25) is 0 Å². The zero-order chi connectivity index (χ0) is 13.3. The van der Waals surface area contributed by atoms with Crippen molar-refractivity contribution in [3.63, 3.8) is 0 Å². The van der Waals surface area contributed by atoms with E-state index < -0.39 is 11.8 Å². The third-order valence-corrected chi connectivity index (χ3v) is 2.81. The first-order chi connectivity index (χ1) is 8.54. The molecule has 0 aromatic carbocycles. The van der Waals surface area contributed by atoms with Crippen LogP contribution in [0.25, 0.3) is 11.0 Å². The van der Waals surface area contributed by atoms with Gasteiger partial charge in [0.1, 0.15) is 22.1 Å². The lowest BCUT2D eigenvalue weighted by Crippen LogP contribution is -2.08. The largest absolute Gasteiger partial charge is 0.462 e. The van der Waals surface area contributed by atoms with Crippen LogP contribution in [-0.4, -0.2) is 22.5 Å². The SMILES string of the molecule is CCOC(=O)c1c(Cl)nc2cc(F)cnc2c1Cl. The predicted octanol–water partition coefficient (Wildman–Crippen LogP) is 3.25. The molecule has 0 amide bonds. The summed E-state index contributed by atoms with van der Waals surface area (Å²) in [6.07, 6.45) is 0.985. The Kier molecular flexibility index (Phi) is 3.63. The zero-order valence-corrected chi connectivity index (χ0v) is 10.7. The number of fused-ring (bicyclic) bond motifs is 1. The van der Waals surface area contributed by atoms with Gasteiger partial charge in [0.15, 0.2) is 0 Å². The molecule has 0 aliphatic carbocycles. The molecular formula is C11H7Cl2FN2O2. The van der Waals surface area contributed by atoms with Gasteiger partial charge >= 0.3 is 5.97 Å². The fourth-order valence-corrected chi connectivity index (χ4v) is 2.05. The molecule has 0 fully saturated rings. The molecule has 94 valence electrons. The fourth-order valence-electron chi connectivity index (χ4n) is 1.43. The summed E-state index contributed by atoms with van der Waals surface area (Å²) >= 11 is 11.9. The van der Waals surface area contributed by atoms with Crippen LogP contribution in [0.2, 0.25) is 10.2 Å².